The first-order valence-corrected chi connectivity index (χ1v) is 8.39. The first-order chi connectivity index (χ1) is 12.4. The zero-order valence-corrected chi connectivity index (χ0v) is 15.4. The van der Waals surface area contributed by atoms with Gasteiger partial charge < -0.3 is 10.1 Å². The number of rotatable bonds is 5. The number of hydrogen-bond acceptors (Lipinski definition) is 5. The molecule has 2 heterocycles. The lowest BCUT2D eigenvalue weighted by Crippen LogP contribution is -2.30. The second-order valence-electron chi connectivity index (χ2n) is 5.81. The minimum Gasteiger partial charge on any atom is -0.481 e. The summed E-state index contributed by atoms with van der Waals surface area (Å²) in [7, 11) is 0. The van der Waals surface area contributed by atoms with Crippen LogP contribution in [-0.2, 0) is 4.79 Å². The van der Waals surface area contributed by atoms with Crippen molar-refractivity contribution >= 4 is 23.3 Å². The zero-order chi connectivity index (χ0) is 18.7. The molecular weight excluding hydrogens is 354 g/mol. The summed E-state index contributed by atoms with van der Waals surface area (Å²) in [4.78, 5) is 20.7. The fourth-order valence-electron chi connectivity index (χ4n) is 2.42. The SMILES string of the molecule is Cc1cc(C)n(-c2cc(NC(=O)C(C)Oc3cccc(Cl)c3)ncn2)n1. The van der Waals surface area contributed by atoms with Crippen LogP contribution in [0.5, 0.6) is 5.75 Å². The molecule has 134 valence electrons. The minimum atomic E-state index is -0.722. The maximum absolute atomic E-state index is 12.4. The fourth-order valence-corrected chi connectivity index (χ4v) is 2.60. The third-order valence-electron chi connectivity index (χ3n) is 3.61. The highest BCUT2D eigenvalue weighted by Gasteiger charge is 2.16. The van der Waals surface area contributed by atoms with Gasteiger partial charge in [0.25, 0.3) is 5.91 Å². The lowest BCUT2D eigenvalue weighted by Gasteiger charge is -2.14. The van der Waals surface area contributed by atoms with Crippen LogP contribution in [0.3, 0.4) is 0 Å². The average molecular weight is 372 g/mol. The molecule has 0 saturated heterocycles. The van der Waals surface area contributed by atoms with Crippen molar-refractivity contribution in [3.63, 3.8) is 0 Å². The molecule has 1 unspecified atom stereocenters. The summed E-state index contributed by atoms with van der Waals surface area (Å²) in [6, 6.07) is 10.5. The topological polar surface area (TPSA) is 81.9 Å². The summed E-state index contributed by atoms with van der Waals surface area (Å²) in [5.74, 6) is 1.13. The number of nitrogens with zero attached hydrogens (tertiary/aromatic N) is 4. The maximum atomic E-state index is 12.4. The molecule has 3 aromatic rings. The van der Waals surface area contributed by atoms with Crippen LogP contribution in [0.25, 0.3) is 5.82 Å². The van der Waals surface area contributed by atoms with E-state index in [0.717, 1.165) is 11.4 Å². The Bertz CT molecular complexity index is 941. The van der Waals surface area contributed by atoms with Gasteiger partial charge in [0.05, 0.1) is 5.69 Å². The largest absolute Gasteiger partial charge is 0.481 e. The number of aromatic nitrogens is 4. The van der Waals surface area contributed by atoms with Crippen molar-refractivity contribution in [2.45, 2.75) is 26.9 Å². The molecule has 1 aromatic carbocycles. The van der Waals surface area contributed by atoms with Gasteiger partial charge in [0.1, 0.15) is 17.9 Å². The highest BCUT2D eigenvalue weighted by molar-refractivity contribution is 6.30. The molecule has 0 saturated carbocycles. The van der Waals surface area contributed by atoms with E-state index in [1.807, 2.05) is 19.9 Å². The fraction of sp³-hybridized carbons (Fsp3) is 0.222. The van der Waals surface area contributed by atoms with Crippen LogP contribution in [0.1, 0.15) is 18.3 Å². The molecule has 0 aliphatic carbocycles. The maximum Gasteiger partial charge on any atom is 0.266 e. The van der Waals surface area contributed by atoms with Crippen molar-refractivity contribution in [2.75, 3.05) is 5.32 Å². The molecule has 1 amide bonds. The van der Waals surface area contributed by atoms with Crippen molar-refractivity contribution in [1.82, 2.24) is 19.7 Å². The summed E-state index contributed by atoms with van der Waals surface area (Å²) >= 11 is 5.92. The number of halogens is 1. The van der Waals surface area contributed by atoms with Crippen LogP contribution in [0, 0.1) is 13.8 Å². The van der Waals surface area contributed by atoms with E-state index in [4.69, 9.17) is 16.3 Å². The second-order valence-corrected chi connectivity index (χ2v) is 6.24. The minimum absolute atomic E-state index is 0.331. The molecule has 1 N–H and O–H groups in total. The summed E-state index contributed by atoms with van der Waals surface area (Å²) in [6.45, 7) is 5.49. The molecule has 0 aliphatic heterocycles. The normalized spacial score (nSPS) is 11.8. The van der Waals surface area contributed by atoms with E-state index in [0.29, 0.717) is 22.4 Å². The predicted octanol–water partition coefficient (Wildman–Crippen LogP) is 3.34. The number of nitrogens with one attached hydrogen (secondary N) is 1. The quantitative estimate of drug-likeness (QED) is 0.743. The van der Waals surface area contributed by atoms with Gasteiger partial charge in [-0.05, 0) is 45.0 Å². The molecule has 7 nitrogen and oxygen atoms in total. The standard InChI is InChI=1S/C18H18ClN5O2/c1-11-7-12(2)24(23-11)17-9-16(20-10-21-17)22-18(25)13(3)26-15-6-4-5-14(19)8-15/h4-10,13H,1-3H3,(H,20,21,22,25). The van der Waals surface area contributed by atoms with E-state index in [9.17, 15) is 4.79 Å². The highest BCUT2D eigenvalue weighted by atomic mass is 35.5. The van der Waals surface area contributed by atoms with Crippen LogP contribution >= 0.6 is 11.6 Å². The van der Waals surface area contributed by atoms with E-state index >= 15 is 0 Å². The monoisotopic (exact) mass is 371 g/mol. The molecular formula is C18H18ClN5O2. The van der Waals surface area contributed by atoms with Gasteiger partial charge in [-0.1, -0.05) is 17.7 Å². The van der Waals surface area contributed by atoms with Crippen molar-refractivity contribution < 1.29 is 9.53 Å². The molecule has 0 spiro atoms. The van der Waals surface area contributed by atoms with Crippen LogP contribution in [0.4, 0.5) is 5.82 Å². The summed E-state index contributed by atoms with van der Waals surface area (Å²) in [5, 5.41) is 7.64. The molecule has 2 aromatic heterocycles. The van der Waals surface area contributed by atoms with Crippen molar-refractivity contribution in [1.29, 1.82) is 0 Å². The number of amides is 1. The number of carbonyl (C=O) groups is 1. The number of aryl methyl sites for hydroxylation is 2. The zero-order valence-electron chi connectivity index (χ0n) is 14.6. The van der Waals surface area contributed by atoms with Gasteiger partial charge in [-0.15, -0.1) is 0 Å². The molecule has 0 bridgehead atoms. The van der Waals surface area contributed by atoms with E-state index in [2.05, 4.69) is 20.4 Å². The Morgan fingerprint density at radius 3 is 2.73 bits per heavy atom. The molecule has 0 fully saturated rings. The van der Waals surface area contributed by atoms with Gasteiger partial charge in [0, 0.05) is 16.8 Å². The third-order valence-corrected chi connectivity index (χ3v) is 3.84. The third kappa shape index (κ3) is 4.18. The summed E-state index contributed by atoms with van der Waals surface area (Å²) in [6.07, 6.45) is 0.657. The van der Waals surface area contributed by atoms with Crippen LogP contribution in [0.15, 0.2) is 42.7 Å². The van der Waals surface area contributed by atoms with Crippen molar-refractivity contribution in [2.24, 2.45) is 0 Å². The van der Waals surface area contributed by atoms with E-state index in [1.54, 1.807) is 41.9 Å². The number of ether oxygens (including phenoxy) is 1. The van der Waals surface area contributed by atoms with E-state index in [-0.39, 0.29) is 5.91 Å². The highest BCUT2D eigenvalue weighted by Crippen LogP contribution is 2.19. The Balaban J connectivity index is 1.71. The Hall–Kier alpha value is -2.93. The lowest BCUT2D eigenvalue weighted by atomic mass is 10.3. The Labute approximate surface area is 156 Å². The number of benzene rings is 1. The van der Waals surface area contributed by atoms with E-state index < -0.39 is 6.10 Å². The van der Waals surface area contributed by atoms with Crippen LogP contribution in [0.2, 0.25) is 5.02 Å². The Kier molecular flexibility index (Phi) is 5.18. The second kappa shape index (κ2) is 7.53. The average Bonchev–Trinajstić information content (AvgIpc) is 2.93. The Morgan fingerprint density at radius 1 is 1.23 bits per heavy atom. The first kappa shape index (κ1) is 17.9. The van der Waals surface area contributed by atoms with E-state index in [1.165, 1.54) is 6.33 Å². The van der Waals surface area contributed by atoms with Gasteiger partial charge in [0.15, 0.2) is 11.9 Å². The molecule has 8 heteroatoms. The number of anilines is 1. The summed E-state index contributed by atoms with van der Waals surface area (Å²) < 4.78 is 7.30. The predicted molar refractivity (Wildman–Crippen MR) is 98.8 cm³/mol. The first-order valence-electron chi connectivity index (χ1n) is 8.01. The van der Waals surface area contributed by atoms with Gasteiger partial charge in [-0.3, -0.25) is 4.79 Å². The Morgan fingerprint density at radius 2 is 2.04 bits per heavy atom. The van der Waals surface area contributed by atoms with Gasteiger partial charge in [-0.2, -0.15) is 5.10 Å². The lowest BCUT2D eigenvalue weighted by molar-refractivity contribution is -0.122. The van der Waals surface area contributed by atoms with Gasteiger partial charge in [-0.25, -0.2) is 14.6 Å². The molecule has 3 rings (SSSR count). The number of hydrogen-bond donors (Lipinski definition) is 1. The smallest absolute Gasteiger partial charge is 0.266 e. The van der Waals surface area contributed by atoms with Gasteiger partial charge >= 0.3 is 0 Å². The molecule has 0 radical (unpaired) electrons. The summed E-state index contributed by atoms with van der Waals surface area (Å²) in [5.41, 5.74) is 1.83. The number of carbonyl (C=O) groups excluding carboxylic acids is 1. The van der Waals surface area contributed by atoms with Crippen molar-refractivity contribution in [3.8, 4) is 11.6 Å². The van der Waals surface area contributed by atoms with Crippen LogP contribution < -0.4 is 10.1 Å². The molecule has 1 atom stereocenters. The van der Waals surface area contributed by atoms with Crippen LogP contribution in [-0.4, -0.2) is 31.8 Å². The van der Waals surface area contributed by atoms with Gasteiger partial charge in [0.2, 0.25) is 0 Å². The van der Waals surface area contributed by atoms with Crippen molar-refractivity contribution in [3.05, 3.63) is 59.1 Å². The molecule has 0 aliphatic rings. The molecule has 26 heavy (non-hydrogen) atoms.